The van der Waals surface area contributed by atoms with Gasteiger partial charge in [-0.05, 0) is 31.6 Å². The lowest BCUT2D eigenvalue weighted by Gasteiger charge is -2.41. The lowest BCUT2D eigenvalue weighted by Crippen LogP contribution is -2.47. The van der Waals surface area contributed by atoms with Crippen LogP contribution in [-0.2, 0) is 4.74 Å². The normalized spacial score (nSPS) is 27.4. The van der Waals surface area contributed by atoms with E-state index >= 15 is 0 Å². The molecule has 5 heteroatoms. The number of hydrogen-bond donors (Lipinski definition) is 1. The molecule has 0 radical (unpaired) electrons. The molecular formula is C19H36N4O. The Morgan fingerprint density at radius 1 is 1.08 bits per heavy atom. The van der Waals surface area contributed by atoms with Crippen molar-refractivity contribution in [3.8, 4) is 0 Å². The summed E-state index contributed by atoms with van der Waals surface area (Å²) in [6.45, 7) is 10.5. The van der Waals surface area contributed by atoms with Crippen molar-refractivity contribution in [3.05, 3.63) is 0 Å². The van der Waals surface area contributed by atoms with Crippen LogP contribution in [0.4, 0.5) is 0 Å². The second-order valence-corrected chi connectivity index (χ2v) is 8.29. The van der Waals surface area contributed by atoms with Crippen molar-refractivity contribution in [3.63, 3.8) is 0 Å². The summed E-state index contributed by atoms with van der Waals surface area (Å²) in [5.74, 6) is 1.62. The monoisotopic (exact) mass is 336 g/mol. The maximum Gasteiger partial charge on any atom is 0.191 e. The summed E-state index contributed by atoms with van der Waals surface area (Å²) in [6, 6.07) is 0. The minimum atomic E-state index is 0.337. The Labute approximate surface area is 147 Å². The highest BCUT2D eigenvalue weighted by atomic mass is 16.5. The lowest BCUT2D eigenvalue weighted by atomic mass is 9.73. The third-order valence-corrected chi connectivity index (χ3v) is 6.26. The van der Waals surface area contributed by atoms with Gasteiger partial charge in [-0.1, -0.05) is 26.2 Å². The van der Waals surface area contributed by atoms with E-state index in [1.165, 1.54) is 51.5 Å². The van der Waals surface area contributed by atoms with Crippen LogP contribution in [0.2, 0.25) is 0 Å². The van der Waals surface area contributed by atoms with Gasteiger partial charge in [0.25, 0.3) is 0 Å². The average molecular weight is 337 g/mol. The van der Waals surface area contributed by atoms with Gasteiger partial charge in [-0.2, -0.15) is 0 Å². The highest BCUT2D eigenvalue weighted by Gasteiger charge is 2.34. The third kappa shape index (κ3) is 4.85. The molecule has 1 saturated carbocycles. The Bertz CT molecular complexity index is 406. The largest absolute Gasteiger partial charge is 0.379 e. The van der Waals surface area contributed by atoms with Crippen LogP contribution in [0.15, 0.2) is 4.99 Å². The average Bonchev–Trinajstić information content (AvgIpc) is 2.62. The van der Waals surface area contributed by atoms with E-state index in [1.807, 2.05) is 0 Å². The van der Waals surface area contributed by atoms with E-state index in [0.717, 1.165) is 57.8 Å². The molecule has 0 atom stereocenters. The van der Waals surface area contributed by atoms with E-state index in [-0.39, 0.29) is 0 Å². The van der Waals surface area contributed by atoms with Crippen LogP contribution < -0.4 is 5.73 Å². The molecule has 0 bridgehead atoms. The predicted molar refractivity (Wildman–Crippen MR) is 99.2 cm³/mol. The van der Waals surface area contributed by atoms with Gasteiger partial charge in [-0.3, -0.25) is 9.89 Å². The summed E-state index contributed by atoms with van der Waals surface area (Å²) >= 11 is 0. The standard InChI is InChI=1S/C19H36N4O/c1-17-5-9-23(10-6-17)18(20)21-15-19(7-3-2-4-8-19)16-22-11-13-24-14-12-22/h17H,2-16H2,1H3,(H2,20,21). The van der Waals surface area contributed by atoms with Gasteiger partial charge in [0.1, 0.15) is 0 Å². The van der Waals surface area contributed by atoms with Crippen molar-refractivity contribution in [2.45, 2.75) is 51.9 Å². The molecule has 0 aromatic heterocycles. The zero-order valence-electron chi connectivity index (χ0n) is 15.5. The quantitative estimate of drug-likeness (QED) is 0.632. The number of likely N-dealkylation sites (tertiary alicyclic amines) is 1. The third-order valence-electron chi connectivity index (χ3n) is 6.26. The maximum absolute atomic E-state index is 6.35. The first-order chi connectivity index (χ1) is 11.7. The van der Waals surface area contributed by atoms with Crippen LogP contribution >= 0.6 is 0 Å². The molecule has 3 aliphatic rings. The molecule has 24 heavy (non-hydrogen) atoms. The minimum Gasteiger partial charge on any atom is -0.379 e. The van der Waals surface area contributed by atoms with Gasteiger partial charge in [0.05, 0.1) is 13.2 Å². The first-order valence-electron chi connectivity index (χ1n) is 10.0. The number of guanidine groups is 1. The van der Waals surface area contributed by atoms with Gasteiger partial charge in [-0.25, -0.2) is 0 Å². The summed E-state index contributed by atoms with van der Waals surface area (Å²) in [6.07, 6.45) is 9.18. The Kier molecular flexibility index (Phi) is 6.39. The molecule has 0 spiro atoms. The van der Waals surface area contributed by atoms with Crippen LogP contribution in [0.3, 0.4) is 0 Å². The highest BCUT2D eigenvalue weighted by Crippen LogP contribution is 2.37. The molecule has 3 rings (SSSR count). The zero-order chi connectivity index (χ0) is 16.8. The molecule has 0 aromatic carbocycles. The van der Waals surface area contributed by atoms with E-state index in [9.17, 15) is 0 Å². The van der Waals surface area contributed by atoms with E-state index < -0.39 is 0 Å². The molecule has 3 fully saturated rings. The van der Waals surface area contributed by atoms with Crippen molar-refractivity contribution < 1.29 is 4.74 Å². The van der Waals surface area contributed by atoms with E-state index in [4.69, 9.17) is 15.5 Å². The van der Waals surface area contributed by atoms with E-state index in [2.05, 4.69) is 16.7 Å². The van der Waals surface area contributed by atoms with Gasteiger partial charge < -0.3 is 15.4 Å². The highest BCUT2D eigenvalue weighted by molar-refractivity contribution is 5.78. The van der Waals surface area contributed by atoms with Crippen molar-refractivity contribution in [1.29, 1.82) is 0 Å². The van der Waals surface area contributed by atoms with Crippen LogP contribution in [0, 0.1) is 11.3 Å². The summed E-state index contributed by atoms with van der Waals surface area (Å²) in [7, 11) is 0. The number of hydrogen-bond acceptors (Lipinski definition) is 3. The summed E-state index contributed by atoms with van der Waals surface area (Å²) in [4.78, 5) is 9.78. The molecule has 0 unspecified atom stereocenters. The summed E-state index contributed by atoms with van der Waals surface area (Å²) < 4.78 is 5.51. The fourth-order valence-corrected chi connectivity index (χ4v) is 4.49. The fraction of sp³-hybridized carbons (Fsp3) is 0.947. The smallest absolute Gasteiger partial charge is 0.191 e. The Hall–Kier alpha value is -0.810. The molecule has 2 saturated heterocycles. The molecular weight excluding hydrogens is 300 g/mol. The molecule has 2 aliphatic heterocycles. The molecule has 138 valence electrons. The van der Waals surface area contributed by atoms with Crippen LogP contribution in [0.1, 0.15) is 51.9 Å². The van der Waals surface area contributed by atoms with E-state index in [0.29, 0.717) is 5.41 Å². The number of nitrogens with zero attached hydrogens (tertiary/aromatic N) is 3. The van der Waals surface area contributed by atoms with Gasteiger partial charge in [0.15, 0.2) is 5.96 Å². The first kappa shape index (κ1) is 18.0. The summed E-state index contributed by atoms with van der Waals surface area (Å²) in [5, 5.41) is 0. The SMILES string of the molecule is CC1CCN(C(N)=NCC2(CN3CCOCC3)CCCCC2)CC1. The molecule has 1 aliphatic carbocycles. The van der Waals surface area contributed by atoms with Crippen LogP contribution in [0.25, 0.3) is 0 Å². The van der Waals surface area contributed by atoms with Gasteiger partial charge in [0.2, 0.25) is 0 Å². The number of rotatable bonds is 4. The van der Waals surface area contributed by atoms with Gasteiger partial charge in [0, 0.05) is 44.7 Å². The second-order valence-electron chi connectivity index (χ2n) is 8.29. The van der Waals surface area contributed by atoms with E-state index in [1.54, 1.807) is 0 Å². The Morgan fingerprint density at radius 2 is 1.75 bits per heavy atom. The van der Waals surface area contributed by atoms with Crippen molar-refractivity contribution in [1.82, 2.24) is 9.80 Å². The summed E-state index contributed by atoms with van der Waals surface area (Å²) in [5.41, 5.74) is 6.68. The molecule has 5 nitrogen and oxygen atoms in total. The number of aliphatic imine (C=N–C) groups is 1. The predicted octanol–water partition coefficient (Wildman–Crippen LogP) is 2.32. The molecule has 2 heterocycles. The van der Waals surface area contributed by atoms with Crippen molar-refractivity contribution in [2.75, 3.05) is 52.5 Å². The lowest BCUT2D eigenvalue weighted by molar-refractivity contribution is 0.00933. The number of morpholine rings is 1. The molecule has 0 aromatic rings. The molecule has 2 N–H and O–H groups in total. The molecule has 0 amide bonds. The number of piperidine rings is 1. The van der Waals surface area contributed by atoms with Crippen molar-refractivity contribution >= 4 is 5.96 Å². The van der Waals surface area contributed by atoms with Crippen molar-refractivity contribution in [2.24, 2.45) is 22.1 Å². The Balaban J connectivity index is 1.59. The minimum absolute atomic E-state index is 0.337. The van der Waals surface area contributed by atoms with Crippen LogP contribution in [-0.4, -0.2) is 68.2 Å². The second kappa shape index (κ2) is 8.52. The first-order valence-corrected chi connectivity index (χ1v) is 10.0. The van der Waals surface area contributed by atoms with Crippen LogP contribution in [0.5, 0.6) is 0 Å². The van der Waals surface area contributed by atoms with Gasteiger partial charge >= 0.3 is 0 Å². The topological polar surface area (TPSA) is 54.1 Å². The number of nitrogens with two attached hydrogens (primary N) is 1. The Morgan fingerprint density at radius 3 is 2.42 bits per heavy atom. The maximum atomic E-state index is 6.35. The number of ether oxygens (including phenoxy) is 1. The van der Waals surface area contributed by atoms with Gasteiger partial charge in [-0.15, -0.1) is 0 Å². The zero-order valence-corrected chi connectivity index (χ0v) is 15.5. The fourth-order valence-electron chi connectivity index (χ4n) is 4.49.